The van der Waals surface area contributed by atoms with Gasteiger partial charge in [-0.2, -0.15) is 4.98 Å². The minimum atomic E-state index is -0.794. The average molecular weight is 815 g/mol. The summed E-state index contributed by atoms with van der Waals surface area (Å²) >= 11 is 6.03. The Morgan fingerprint density at radius 1 is 0.983 bits per heavy atom. The number of carbonyl (C=O) groups excluding carboxylic acids is 4. The van der Waals surface area contributed by atoms with E-state index in [1.165, 1.54) is 20.9 Å². The fraction of sp³-hybridized carbons (Fsp3) is 0.250. The summed E-state index contributed by atoms with van der Waals surface area (Å²) in [6, 6.07) is 20.6. The molecule has 2 aliphatic rings. The van der Waals surface area contributed by atoms with Crippen LogP contribution in [0.3, 0.4) is 0 Å². The van der Waals surface area contributed by atoms with E-state index in [4.69, 9.17) is 17.3 Å². The molecule has 1 fully saturated rings. The first-order chi connectivity index (χ1) is 28.5. The van der Waals surface area contributed by atoms with E-state index in [0.717, 1.165) is 27.7 Å². The number of likely N-dealkylation sites (tertiary alicyclic amines) is 1. The number of amides is 5. The van der Waals surface area contributed by atoms with Gasteiger partial charge in [0.05, 0.1) is 18.4 Å². The largest absolute Gasteiger partial charge is 0.368 e. The minimum absolute atomic E-state index is 0.0321. The fourth-order valence-corrected chi connectivity index (χ4v) is 7.00. The van der Waals surface area contributed by atoms with E-state index in [1.54, 1.807) is 55.9 Å². The van der Waals surface area contributed by atoms with Gasteiger partial charge in [-0.05, 0) is 73.9 Å². The number of urea groups is 1. The number of aromatic amines is 1. The summed E-state index contributed by atoms with van der Waals surface area (Å²) < 4.78 is 0. The van der Waals surface area contributed by atoms with Crippen LogP contribution in [0.2, 0.25) is 5.02 Å². The van der Waals surface area contributed by atoms with Gasteiger partial charge in [-0.25, -0.2) is 9.78 Å². The molecule has 14 nitrogen and oxygen atoms in total. The predicted molar refractivity (Wildman–Crippen MR) is 229 cm³/mol. The number of benzene rings is 2. The molecule has 5 heterocycles. The van der Waals surface area contributed by atoms with E-state index >= 15 is 0 Å². The van der Waals surface area contributed by atoms with Gasteiger partial charge >= 0.3 is 6.03 Å². The second-order valence-corrected chi connectivity index (χ2v) is 14.6. The number of anilines is 2. The Hall–Kier alpha value is -6.80. The Kier molecular flexibility index (Phi) is 13.9. The van der Waals surface area contributed by atoms with Crippen LogP contribution in [-0.4, -0.2) is 80.2 Å². The number of nitrogens with zero attached hydrogens (tertiary/aromatic N) is 6. The van der Waals surface area contributed by atoms with Crippen molar-refractivity contribution in [2.45, 2.75) is 33.4 Å². The highest BCUT2D eigenvalue weighted by Gasteiger charge is 2.43. The first-order valence-electron chi connectivity index (χ1n) is 19.2. The molecule has 0 aliphatic carbocycles. The predicted octanol–water partition coefficient (Wildman–Crippen LogP) is 5.72. The standard InChI is InChI=1S/C38H40ClN9O4.C6H7N/c1-3-4-7-25(15-17-47-21-27-20-44-37(40)45-33(27)46(2)38(47)52)36(51)48-22-30(31(23-48)35(50)43-18-24-10-12-28(39)13-11-24)34(49)41-16-14-26-19-42-32-9-6-5-8-29(26)32;1-6-4-2-3-5-7-6/h3-13,15,17,19-20,30-31,42H,14,16,18,21-23H2,1-2H3,(H,41,49)(H,43,50)(H2,40,44,45);2-5H,1H3/b4-3+,17-15+,25-7+;/t30-,31-;/m1./s1. The van der Waals surface area contributed by atoms with Gasteiger partial charge < -0.3 is 26.3 Å². The van der Waals surface area contributed by atoms with Crippen molar-refractivity contribution in [2.24, 2.45) is 11.8 Å². The van der Waals surface area contributed by atoms with E-state index in [1.807, 2.05) is 74.6 Å². The smallest absolute Gasteiger partial charge is 0.329 e. The normalized spacial score (nSPS) is 16.6. The summed E-state index contributed by atoms with van der Waals surface area (Å²) in [4.78, 5) is 74.5. The van der Waals surface area contributed by atoms with Crippen LogP contribution in [0.1, 0.15) is 29.3 Å². The summed E-state index contributed by atoms with van der Waals surface area (Å²) in [6.45, 7) is 4.64. The number of nitrogen functional groups attached to an aromatic ring is 1. The third-order valence-corrected chi connectivity index (χ3v) is 10.3. The SMILES string of the molecule is C/C=C/C=C(\C=C\N1Cc2cnc(N)nc2N(C)C1=O)C(=O)N1C[C@@H](C(=O)NCCc2c[nH]c3ccccc23)[C@H](C(=O)NCc2ccc(Cl)cc2)C1.Cc1ccccn1. The van der Waals surface area contributed by atoms with Gasteiger partial charge in [0.15, 0.2) is 0 Å². The van der Waals surface area contributed by atoms with Crippen LogP contribution in [0.15, 0.2) is 121 Å². The Morgan fingerprint density at radius 2 is 1.71 bits per heavy atom. The number of H-pyrrole nitrogens is 1. The van der Waals surface area contributed by atoms with Gasteiger partial charge in [-0.3, -0.25) is 29.2 Å². The molecule has 5 aromatic rings. The molecule has 3 aromatic heterocycles. The van der Waals surface area contributed by atoms with Crippen molar-refractivity contribution < 1.29 is 19.2 Å². The number of halogens is 1. The van der Waals surface area contributed by atoms with E-state index in [2.05, 4.69) is 30.6 Å². The molecule has 304 valence electrons. The topological polar surface area (TPSA) is 183 Å². The number of carbonyl (C=O) groups is 4. The quantitative estimate of drug-likeness (QED) is 0.0965. The maximum absolute atomic E-state index is 14.1. The maximum atomic E-state index is 14.1. The molecule has 0 bridgehead atoms. The van der Waals surface area contributed by atoms with Crippen molar-refractivity contribution in [1.29, 1.82) is 0 Å². The molecule has 7 rings (SSSR count). The van der Waals surface area contributed by atoms with E-state index in [0.29, 0.717) is 29.4 Å². The van der Waals surface area contributed by atoms with Gasteiger partial charge in [-0.1, -0.05) is 60.2 Å². The van der Waals surface area contributed by atoms with Gasteiger partial charge in [0.25, 0.3) is 5.91 Å². The molecule has 0 radical (unpaired) electrons. The lowest BCUT2D eigenvalue weighted by molar-refractivity contribution is -0.133. The van der Waals surface area contributed by atoms with Crippen LogP contribution in [0.5, 0.6) is 0 Å². The lowest BCUT2D eigenvalue weighted by Gasteiger charge is -2.31. The molecule has 2 atom stereocenters. The van der Waals surface area contributed by atoms with Crippen LogP contribution < -0.4 is 21.3 Å². The zero-order valence-electron chi connectivity index (χ0n) is 33.1. The number of hydrogen-bond donors (Lipinski definition) is 4. The molecule has 15 heteroatoms. The molecular weight excluding hydrogens is 768 g/mol. The van der Waals surface area contributed by atoms with Gasteiger partial charge in [-0.15, -0.1) is 0 Å². The molecule has 0 spiro atoms. The molecular formula is C44H47ClN10O4. The number of aromatic nitrogens is 4. The number of nitrogens with two attached hydrogens (primary N) is 1. The lowest BCUT2D eigenvalue weighted by atomic mass is 9.94. The molecule has 2 aromatic carbocycles. The maximum Gasteiger partial charge on any atom is 0.329 e. The summed E-state index contributed by atoms with van der Waals surface area (Å²) in [5.41, 5.74) is 10.7. The summed E-state index contributed by atoms with van der Waals surface area (Å²) in [5.74, 6) is -2.12. The van der Waals surface area contributed by atoms with Crippen LogP contribution >= 0.6 is 11.6 Å². The number of aryl methyl sites for hydroxylation is 1. The van der Waals surface area contributed by atoms with Crippen LogP contribution in [0, 0.1) is 18.8 Å². The number of pyridine rings is 1. The van der Waals surface area contributed by atoms with E-state index < -0.39 is 11.8 Å². The summed E-state index contributed by atoms with van der Waals surface area (Å²) in [6.07, 6.45) is 14.1. The van der Waals surface area contributed by atoms with Gasteiger partial charge in [0.1, 0.15) is 5.82 Å². The van der Waals surface area contributed by atoms with E-state index in [9.17, 15) is 19.2 Å². The lowest BCUT2D eigenvalue weighted by Crippen LogP contribution is -2.43. The molecule has 59 heavy (non-hydrogen) atoms. The minimum Gasteiger partial charge on any atom is -0.368 e. The van der Waals surface area contributed by atoms with Crippen molar-refractivity contribution in [3.63, 3.8) is 0 Å². The molecule has 0 unspecified atom stereocenters. The van der Waals surface area contributed by atoms with Gasteiger partial charge in [0, 0.05) is 90.8 Å². The molecule has 5 amide bonds. The fourth-order valence-electron chi connectivity index (χ4n) is 6.88. The first kappa shape index (κ1) is 41.8. The zero-order chi connectivity index (χ0) is 41.9. The van der Waals surface area contributed by atoms with Crippen molar-refractivity contribution in [3.05, 3.63) is 149 Å². The number of rotatable bonds is 11. The number of allylic oxidation sites excluding steroid dienone is 3. The molecule has 1 saturated heterocycles. The highest BCUT2D eigenvalue weighted by atomic mass is 35.5. The highest BCUT2D eigenvalue weighted by molar-refractivity contribution is 6.30. The molecule has 5 N–H and O–H groups in total. The van der Waals surface area contributed by atoms with Crippen LogP contribution in [0.25, 0.3) is 10.9 Å². The summed E-state index contributed by atoms with van der Waals surface area (Å²) in [7, 11) is 1.59. The van der Waals surface area contributed by atoms with Crippen molar-refractivity contribution >= 4 is 58.0 Å². The third kappa shape index (κ3) is 10.6. The Balaban J connectivity index is 0.000000757. The number of para-hydroxylation sites is 1. The van der Waals surface area contributed by atoms with Crippen LogP contribution in [0.4, 0.5) is 16.6 Å². The van der Waals surface area contributed by atoms with Crippen molar-refractivity contribution in [3.8, 4) is 0 Å². The Bertz CT molecular complexity index is 2380. The number of hydrogen-bond acceptors (Lipinski definition) is 8. The molecule has 0 saturated carbocycles. The second kappa shape index (κ2) is 19.6. The highest BCUT2D eigenvalue weighted by Crippen LogP contribution is 2.28. The molecule has 2 aliphatic heterocycles. The van der Waals surface area contributed by atoms with Gasteiger partial charge in [0.2, 0.25) is 17.8 Å². The first-order valence-corrected chi connectivity index (χ1v) is 19.6. The monoisotopic (exact) mass is 814 g/mol. The zero-order valence-corrected chi connectivity index (χ0v) is 33.9. The van der Waals surface area contributed by atoms with Crippen LogP contribution in [-0.2, 0) is 33.9 Å². The van der Waals surface area contributed by atoms with Crippen molar-refractivity contribution in [2.75, 3.05) is 37.3 Å². The van der Waals surface area contributed by atoms with E-state index in [-0.39, 0.29) is 61.5 Å². The number of fused-ring (bicyclic) bond motifs is 2. The average Bonchev–Trinajstić information content (AvgIpc) is 3.88. The Morgan fingerprint density at radius 3 is 2.41 bits per heavy atom. The number of nitrogens with one attached hydrogen (secondary N) is 3. The van der Waals surface area contributed by atoms with Crippen molar-refractivity contribution in [1.82, 2.24) is 40.4 Å². The second-order valence-electron chi connectivity index (χ2n) is 14.1. The summed E-state index contributed by atoms with van der Waals surface area (Å²) in [5, 5.41) is 7.63. The Labute approximate surface area is 347 Å². The third-order valence-electron chi connectivity index (χ3n) is 10.0.